The zero-order chi connectivity index (χ0) is 22.9. The molecule has 0 atom stereocenters. The Labute approximate surface area is 186 Å². The third-order valence-electron chi connectivity index (χ3n) is 3.47. The Bertz CT molecular complexity index is 581. The van der Waals surface area contributed by atoms with E-state index >= 15 is 0 Å². The maximum atomic E-state index is 11.6. The average molecular weight is 415 g/mol. The lowest BCUT2D eigenvalue weighted by molar-refractivity contribution is -0.870. The normalized spacial score (nSPS) is 12.1. The molecule has 30 heavy (non-hydrogen) atoms. The molecular weight excluding hydrogens is 370 g/mol. The number of likely N-dealkylation sites (N-methyl/N-ethyl adjacent to an activating group) is 1. The lowest BCUT2D eigenvalue weighted by atomic mass is 10.2. The van der Waals surface area contributed by atoms with Gasteiger partial charge in [0.15, 0.2) is 0 Å². The van der Waals surface area contributed by atoms with Crippen molar-refractivity contribution in [3.05, 3.63) is 60.8 Å². The monoisotopic (exact) mass is 414 g/mol. The molecule has 0 saturated heterocycles. The maximum Gasteiger partial charge on any atom is 0.309 e. The van der Waals surface area contributed by atoms with Crippen molar-refractivity contribution < 1.29 is 14.0 Å². The number of rotatable bonds is 14. The molecule has 0 heterocycles. The Kier molecular flexibility index (Phi) is 22.9. The number of ether oxygens (including phenoxy) is 1. The van der Waals surface area contributed by atoms with Crippen LogP contribution >= 0.6 is 0 Å². The highest BCUT2D eigenvalue weighted by molar-refractivity contribution is 5.71. The zero-order valence-electron chi connectivity index (χ0n) is 20.0. The third kappa shape index (κ3) is 30.4. The van der Waals surface area contributed by atoms with Gasteiger partial charge in [-0.1, -0.05) is 81.0 Å². The molecule has 0 aliphatic rings. The van der Waals surface area contributed by atoms with Crippen molar-refractivity contribution in [3.63, 3.8) is 0 Å². The fourth-order valence-electron chi connectivity index (χ4n) is 1.91. The predicted molar refractivity (Wildman–Crippen MR) is 132 cm³/mol. The predicted octanol–water partition coefficient (Wildman–Crippen LogP) is 6.41. The summed E-state index contributed by atoms with van der Waals surface area (Å²) in [6.07, 6.45) is 31.9. The Morgan fingerprint density at radius 3 is 1.60 bits per heavy atom. The molecule has 0 unspecified atom stereocenters. The molecule has 0 aromatic heterocycles. The molecule has 0 aromatic rings. The van der Waals surface area contributed by atoms with Crippen LogP contribution in [0.3, 0.4) is 0 Å². The first-order chi connectivity index (χ1) is 14.4. The molecule has 0 amide bonds. The van der Waals surface area contributed by atoms with Crippen molar-refractivity contribution in [2.45, 2.75) is 58.8 Å². The van der Waals surface area contributed by atoms with Crippen molar-refractivity contribution in [1.29, 1.82) is 0 Å². The van der Waals surface area contributed by atoms with Crippen LogP contribution in [0.1, 0.15) is 58.8 Å². The van der Waals surface area contributed by atoms with Gasteiger partial charge in [-0.05, 0) is 25.7 Å². The van der Waals surface area contributed by atoms with Crippen LogP contribution in [0.25, 0.3) is 0 Å². The minimum absolute atomic E-state index is 0.161. The summed E-state index contributed by atoms with van der Waals surface area (Å²) in [5.41, 5.74) is 0. The van der Waals surface area contributed by atoms with Gasteiger partial charge in [-0.25, -0.2) is 0 Å². The van der Waals surface area contributed by atoms with Gasteiger partial charge < -0.3 is 9.22 Å². The molecule has 0 radical (unpaired) electrons. The SMILES string of the molecule is C#CC/C=C\C/C=C\C/C=C\C/C=C\C/C=C\CC(=O)OCC[N+](C)(C)C.CCC. The Morgan fingerprint density at radius 1 is 0.800 bits per heavy atom. The van der Waals surface area contributed by atoms with Gasteiger partial charge in [0.05, 0.1) is 27.6 Å². The van der Waals surface area contributed by atoms with Crippen LogP contribution in [0.5, 0.6) is 0 Å². The van der Waals surface area contributed by atoms with Gasteiger partial charge in [0.25, 0.3) is 0 Å². The second-order valence-corrected chi connectivity index (χ2v) is 7.85. The quantitative estimate of drug-likeness (QED) is 0.142. The Balaban J connectivity index is 0. The van der Waals surface area contributed by atoms with Gasteiger partial charge in [0.1, 0.15) is 13.2 Å². The second kappa shape index (κ2) is 23.0. The summed E-state index contributed by atoms with van der Waals surface area (Å²) < 4.78 is 5.99. The number of terminal acetylenes is 1. The molecule has 0 N–H and O–H groups in total. The number of hydrogen-bond donors (Lipinski definition) is 0. The number of hydrogen-bond acceptors (Lipinski definition) is 2. The van der Waals surface area contributed by atoms with Crippen LogP contribution in [0.4, 0.5) is 0 Å². The van der Waals surface area contributed by atoms with Crippen LogP contribution in [0.15, 0.2) is 60.8 Å². The molecule has 0 rings (SSSR count). The Hall–Kier alpha value is -2.31. The summed E-state index contributed by atoms with van der Waals surface area (Å²) in [6, 6.07) is 0. The van der Waals surface area contributed by atoms with E-state index in [0.29, 0.717) is 19.4 Å². The minimum atomic E-state index is -0.161. The highest BCUT2D eigenvalue weighted by Crippen LogP contribution is 1.97. The van der Waals surface area contributed by atoms with E-state index in [0.717, 1.165) is 36.7 Å². The number of carbonyl (C=O) groups excluding carboxylic acids is 1. The molecule has 3 heteroatoms. The van der Waals surface area contributed by atoms with E-state index in [1.165, 1.54) is 6.42 Å². The van der Waals surface area contributed by atoms with Gasteiger partial charge in [0.2, 0.25) is 0 Å². The molecule has 0 aromatic carbocycles. The first kappa shape index (κ1) is 29.9. The maximum absolute atomic E-state index is 11.6. The summed E-state index contributed by atoms with van der Waals surface area (Å²) in [5, 5.41) is 0. The molecular formula is C27H44NO2+. The van der Waals surface area contributed by atoms with Crippen molar-refractivity contribution in [2.24, 2.45) is 0 Å². The summed E-state index contributed by atoms with van der Waals surface area (Å²) in [5.74, 6) is 2.42. The number of carbonyl (C=O) groups is 1. The topological polar surface area (TPSA) is 26.3 Å². The first-order valence-electron chi connectivity index (χ1n) is 11.0. The first-order valence-corrected chi connectivity index (χ1v) is 11.0. The van der Waals surface area contributed by atoms with Crippen molar-refractivity contribution in [2.75, 3.05) is 34.3 Å². The zero-order valence-corrected chi connectivity index (χ0v) is 20.0. The van der Waals surface area contributed by atoms with Crippen LogP contribution in [-0.4, -0.2) is 44.7 Å². The minimum Gasteiger partial charge on any atom is -0.459 e. The number of nitrogens with zero attached hydrogens (tertiary/aromatic N) is 1. The lowest BCUT2D eigenvalue weighted by Crippen LogP contribution is -2.37. The molecule has 3 nitrogen and oxygen atoms in total. The highest BCUT2D eigenvalue weighted by Gasteiger charge is 2.08. The molecule has 0 fully saturated rings. The molecule has 0 saturated carbocycles. The van der Waals surface area contributed by atoms with Crippen molar-refractivity contribution >= 4 is 5.97 Å². The van der Waals surface area contributed by atoms with Crippen LogP contribution in [-0.2, 0) is 9.53 Å². The van der Waals surface area contributed by atoms with Crippen LogP contribution < -0.4 is 0 Å². The fraction of sp³-hybridized carbons (Fsp3) is 0.519. The van der Waals surface area contributed by atoms with Crippen molar-refractivity contribution in [3.8, 4) is 12.3 Å². The highest BCUT2D eigenvalue weighted by atomic mass is 16.5. The fourth-order valence-corrected chi connectivity index (χ4v) is 1.91. The van der Waals surface area contributed by atoms with Gasteiger partial charge in [-0.3, -0.25) is 4.79 Å². The second-order valence-electron chi connectivity index (χ2n) is 7.85. The van der Waals surface area contributed by atoms with E-state index < -0.39 is 0 Å². The summed E-state index contributed by atoms with van der Waals surface area (Å²) in [4.78, 5) is 11.6. The number of allylic oxidation sites excluding steroid dienone is 9. The van der Waals surface area contributed by atoms with Gasteiger partial charge in [-0.2, -0.15) is 0 Å². The summed E-state index contributed by atoms with van der Waals surface area (Å²) in [6.45, 7) is 5.55. The lowest BCUT2D eigenvalue weighted by Gasteiger charge is -2.23. The van der Waals surface area contributed by atoms with E-state index in [-0.39, 0.29) is 5.97 Å². The van der Waals surface area contributed by atoms with E-state index in [1.807, 2.05) is 18.2 Å². The summed E-state index contributed by atoms with van der Waals surface area (Å²) >= 11 is 0. The summed E-state index contributed by atoms with van der Waals surface area (Å²) in [7, 11) is 6.23. The van der Waals surface area contributed by atoms with E-state index in [1.54, 1.807) is 0 Å². The Morgan fingerprint density at radius 2 is 1.20 bits per heavy atom. The molecule has 168 valence electrons. The van der Waals surface area contributed by atoms with E-state index in [4.69, 9.17) is 11.2 Å². The number of quaternary nitrogens is 1. The third-order valence-corrected chi connectivity index (χ3v) is 3.47. The largest absolute Gasteiger partial charge is 0.459 e. The van der Waals surface area contributed by atoms with Crippen LogP contribution in [0, 0.1) is 12.3 Å². The number of esters is 1. The van der Waals surface area contributed by atoms with Crippen LogP contribution in [0.2, 0.25) is 0 Å². The standard InChI is InChI=1S/C24H36NO2.C3H8/c1-5-6-7-8-9-10-11-12-13-14-15-16-17-18-19-20-21-24(26)27-23-22-25(2,3)4;1-3-2/h1,7-8,10-11,13-14,16-17,19-20H,6,9,12,15,18,21-23H2,2-4H3;3H2,1-2H3/q+1;/b8-7-,11-10-,14-13-,17-16-,20-19-;. The smallest absolute Gasteiger partial charge is 0.309 e. The molecule has 0 aliphatic carbocycles. The van der Waals surface area contributed by atoms with Gasteiger partial charge in [0, 0.05) is 6.42 Å². The van der Waals surface area contributed by atoms with E-state index in [2.05, 4.69) is 83.4 Å². The van der Waals surface area contributed by atoms with E-state index in [9.17, 15) is 4.79 Å². The van der Waals surface area contributed by atoms with Gasteiger partial charge >= 0.3 is 5.97 Å². The van der Waals surface area contributed by atoms with Gasteiger partial charge in [-0.15, -0.1) is 12.3 Å². The molecule has 0 aliphatic heterocycles. The molecule has 0 bridgehead atoms. The van der Waals surface area contributed by atoms with Crippen molar-refractivity contribution in [1.82, 2.24) is 0 Å². The average Bonchev–Trinajstić information content (AvgIpc) is 2.67. The molecule has 0 spiro atoms.